The fourth-order valence-electron chi connectivity index (χ4n) is 1.63. The standard InChI is InChI=1S/C12H6Cl4O2S/c13-9-6-11(15)10(14)5-8(9)7-3-1-2-4-12(7)19(16,17)18/h1-6H. The maximum Gasteiger partial charge on any atom is 0.261 e. The zero-order valence-corrected chi connectivity index (χ0v) is 13.0. The molecule has 0 N–H and O–H groups in total. The van der Waals surface area contributed by atoms with Crippen LogP contribution in [0.2, 0.25) is 15.1 Å². The van der Waals surface area contributed by atoms with Crippen LogP contribution in [0.4, 0.5) is 0 Å². The highest BCUT2D eigenvalue weighted by Gasteiger charge is 2.18. The van der Waals surface area contributed by atoms with Crippen LogP contribution in [0.15, 0.2) is 41.3 Å². The Kier molecular flexibility index (Phi) is 4.33. The molecule has 0 fully saturated rings. The summed E-state index contributed by atoms with van der Waals surface area (Å²) >= 11 is 17.8. The number of rotatable bonds is 2. The average molecular weight is 356 g/mol. The third kappa shape index (κ3) is 3.18. The molecule has 0 saturated heterocycles. The smallest absolute Gasteiger partial charge is 0.207 e. The van der Waals surface area contributed by atoms with Crippen LogP contribution in [0.5, 0.6) is 0 Å². The van der Waals surface area contributed by atoms with E-state index in [9.17, 15) is 8.42 Å². The predicted octanol–water partition coefficient (Wildman–Crippen LogP) is 5.24. The second-order valence-corrected chi connectivity index (χ2v) is 7.44. The van der Waals surface area contributed by atoms with Gasteiger partial charge in [0.2, 0.25) is 0 Å². The normalized spacial score (nSPS) is 11.6. The monoisotopic (exact) mass is 354 g/mol. The van der Waals surface area contributed by atoms with E-state index in [1.54, 1.807) is 18.2 Å². The summed E-state index contributed by atoms with van der Waals surface area (Å²) in [5, 5.41) is 0.867. The maximum atomic E-state index is 11.6. The molecule has 0 heterocycles. The Hall–Kier alpha value is -0.450. The number of hydrogen-bond acceptors (Lipinski definition) is 2. The van der Waals surface area contributed by atoms with E-state index in [0.717, 1.165) is 0 Å². The molecular weight excluding hydrogens is 350 g/mol. The van der Waals surface area contributed by atoms with Gasteiger partial charge < -0.3 is 0 Å². The minimum atomic E-state index is -3.88. The van der Waals surface area contributed by atoms with E-state index >= 15 is 0 Å². The predicted molar refractivity (Wildman–Crippen MR) is 79.9 cm³/mol. The van der Waals surface area contributed by atoms with E-state index in [2.05, 4.69) is 0 Å². The molecule has 0 unspecified atom stereocenters. The SMILES string of the molecule is O=S(=O)(Cl)c1ccccc1-c1cc(Cl)c(Cl)cc1Cl. The molecule has 0 aliphatic rings. The molecule has 0 bridgehead atoms. The van der Waals surface area contributed by atoms with Gasteiger partial charge in [0.15, 0.2) is 0 Å². The van der Waals surface area contributed by atoms with Crippen LogP contribution < -0.4 is 0 Å². The summed E-state index contributed by atoms with van der Waals surface area (Å²) in [6.07, 6.45) is 0. The van der Waals surface area contributed by atoms with Crippen molar-refractivity contribution >= 4 is 54.5 Å². The highest BCUT2D eigenvalue weighted by Crippen LogP contribution is 2.38. The van der Waals surface area contributed by atoms with Crippen molar-refractivity contribution in [3.05, 3.63) is 51.5 Å². The van der Waals surface area contributed by atoms with Crippen molar-refractivity contribution in [2.75, 3.05) is 0 Å². The van der Waals surface area contributed by atoms with Gasteiger partial charge in [0.25, 0.3) is 9.05 Å². The molecule has 100 valence electrons. The Balaban J connectivity index is 2.77. The number of hydrogen-bond donors (Lipinski definition) is 0. The molecule has 0 radical (unpaired) electrons. The zero-order valence-electron chi connectivity index (χ0n) is 9.20. The molecule has 0 aliphatic carbocycles. The highest BCUT2D eigenvalue weighted by molar-refractivity contribution is 8.13. The van der Waals surface area contributed by atoms with Crippen molar-refractivity contribution < 1.29 is 8.42 Å². The Morgan fingerprint density at radius 3 is 2.00 bits per heavy atom. The van der Waals surface area contributed by atoms with Crippen LogP contribution in [0.3, 0.4) is 0 Å². The number of benzene rings is 2. The van der Waals surface area contributed by atoms with Crippen LogP contribution in [-0.2, 0) is 9.05 Å². The Labute approximate surface area is 130 Å². The summed E-state index contributed by atoms with van der Waals surface area (Å²) in [6, 6.07) is 9.21. The van der Waals surface area contributed by atoms with Gasteiger partial charge in [-0.05, 0) is 18.2 Å². The molecule has 2 rings (SSSR count). The van der Waals surface area contributed by atoms with Crippen molar-refractivity contribution in [3.63, 3.8) is 0 Å². The van der Waals surface area contributed by atoms with Gasteiger partial charge in [0, 0.05) is 21.8 Å². The van der Waals surface area contributed by atoms with Crippen molar-refractivity contribution in [1.82, 2.24) is 0 Å². The Bertz CT molecular complexity index is 741. The maximum absolute atomic E-state index is 11.6. The minimum Gasteiger partial charge on any atom is -0.207 e. The first-order valence-corrected chi connectivity index (χ1v) is 8.43. The van der Waals surface area contributed by atoms with E-state index in [4.69, 9.17) is 45.5 Å². The lowest BCUT2D eigenvalue weighted by Gasteiger charge is -2.10. The van der Waals surface area contributed by atoms with E-state index in [1.807, 2.05) is 0 Å². The van der Waals surface area contributed by atoms with Crippen LogP contribution >= 0.6 is 45.5 Å². The first-order valence-electron chi connectivity index (χ1n) is 4.99. The fourth-order valence-corrected chi connectivity index (χ4v) is 3.36. The van der Waals surface area contributed by atoms with E-state index < -0.39 is 9.05 Å². The summed E-state index contributed by atoms with van der Waals surface area (Å²) in [5.41, 5.74) is 0.831. The van der Waals surface area contributed by atoms with Crippen LogP contribution in [0, 0.1) is 0 Å². The van der Waals surface area contributed by atoms with Crippen molar-refractivity contribution in [3.8, 4) is 11.1 Å². The molecule has 2 aromatic rings. The van der Waals surface area contributed by atoms with Gasteiger partial charge in [0.1, 0.15) is 0 Å². The molecule has 19 heavy (non-hydrogen) atoms. The van der Waals surface area contributed by atoms with E-state index in [0.29, 0.717) is 21.2 Å². The lowest BCUT2D eigenvalue weighted by Crippen LogP contribution is -1.95. The lowest BCUT2D eigenvalue weighted by molar-refractivity contribution is 0.610. The molecule has 0 aromatic heterocycles. The minimum absolute atomic E-state index is 0.0306. The van der Waals surface area contributed by atoms with Crippen LogP contribution in [0.25, 0.3) is 11.1 Å². The van der Waals surface area contributed by atoms with Gasteiger partial charge in [-0.15, -0.1) is 0 Å². The van der Waals surface area contributed by atoms with Gasteiger partial charge in [-0.1, -0.05) is 53.0 Å². The van der Waals surface area contributed by atoms with E-state index in [-0.39, 0.29) is 9.92 Å². The highest BCUT2D eigenvalue weighted by atomic mass is 35.7. The zero-order chi connectivity index (χ0) is 14.2. The van der Waals surface area contributed by atoms with Gasteiger partial charge in [-0.25, -0.2) is 8.42 Å². The van der Waals surface area contributed by atoms with Crippen molar-refractivity contribution in [2.24, 2.45) is 0 Å². The molecule has 2 nitrogen and oxygen atoms in total. The average Bonchev–Trinajstić information content (AvgIpc) is 2.33. The second kappa shape index (κ2) is 5.51. The third-order valence-electron chi connectivity index (χ3n) is 2.45. The third-order valence-corrected chi connectivity index (χ3v) is 4.86. The Morgan fingerprint density at radius 1 is 0.789 bits per heavy atom. The summed E-state index contributed by atoms with van der Waals surface area (Å²) in [7, 11) is 1.52. The topological polar surface area (TPSA) is 34.1 Å². The molecule has 7 heteroatoms. The van der Waals surface area contributed by atoms with E-state index in [1.165, 1.54) is 18.2 Å². The van der Waals surface area contributed by atoms with Gasteiger partial charge in [-0.2, -0.15) is 0 Å². The molecule has 0 spiro atoms. The molecule has 0 amide bonds. The van der Waals surface area contributed by atoms with Gasteiger partial charge in [-0.3, -0.25) is 0 Å². The van der Waals surface area contributed by atoms with Crippen molar-refractivity contribution in [2.45, 2.75) is 4.90 Å². The molecular formula is C12H6Cl4O2S. The summed E-state index contributed by atoms with van der Waals surface area (Å²) < 4.78 is 23.1. The summed E-state index contributed by atoms with van der Waals surface area (Å²) in [6.45, 7) is 0. The Morgan fingerprint density at radius 2 is 1.37 bits per heavy atom. The summed E-state index contributed by atoms with van der Waals surface area (Å²) in [5.74, 6) is 0. The van der Waals surface area contributed by atoms with Crippen LogP contribution in [-0.4, -0.2) is 8.42 Å². The number of halogens is 4. The van der Waals surface area contributed by atoms with Gasteiger partial charge >= 0.3 is 0 Å². The summed E-state index contributed by atoms with van der Waals surface area (Å²) in [4.78, 5) is -0.0306. The first-order chi connectivity index (χ1) is 8.80. The van der Waals surface area contributed by atoms with Gasteiger partial charge in [0.05, 0.1) is 20.0 Å². The quantitative estimate of drug-likeness (QED) is 0.545. The first kappa shape index (κ1) is 14.9. The van der Waals surface area contributed by atoms with Crippen molar-refractivity contribution in [1.29, 1.82) is 0 Å². The van der Waals surface area contributed by atoms with Crippen LogP contribution in [0.1, 0.15) is 0 Å². The molecule has 0 atom stereocenters. The fraction of sp³-hybridized carbons (Fsp3) is 0. The lowest BCUT2D eigenvalue weighted by atomic mass is 10.1. The molecule has 2 aromatic carbocycles. The second-order valence-electron chi connectivity index (χ2n) is 3.68. The molecule has 0 saturated carbocycles. The largest absolute Gasteiger partial charge is 0.261 e. The molecule has 0 aliphatic heterocycles.